The van der Waals surface area contributed by atoms with Crippen molar-refractivity contribution in [1.29, 1.82) is 0 Å². The summed E-state index contributed by atoms with van der Waals surface area (Å²) in [6, 6.07) is 0.848. The molecule has 0 amide bonds. The van der Waals surface area contributed by atoms with Crippen LogP contribution < -0.4 is 5.32 Å². The second kappa shape index (κ2) is 7.05. The molecule has 1 aliphatic carbocycles. The van der Waals surface area contributed by atoms with E-state index in [0.717, 1.165) is 19.1 Å². The van der Waals surface area contributed by atoms with Crippen molar-refractivity contribution in [2.24, 2.45) is 0 Å². The van der Waals surface area contributed by atoms with Crippen molar-refractivity contribution >= 4 is 0 Å². The van der Waals surface area contributed by atoms with Gasteiger partial charge < -0.3 is 5.32 Å². The minimum absolute atomic E-state index is 0.315. The van der Waals surface area contributed by atoms with Gasteiger partial charge in [0.25, 0.3) is 0 Å². The number of nitrogens with one attached hydrogen (secondary N) is 1. The summed E-state index contributed by atoms with van der Waals surface area (Å²) in [5, 5.41) is 3.46. The molecule has 0 radical (unpaired) electrons. The van der Waals surface area contributed by atoms with Crippen molar-refractivity contribution in [2.45, 2.75) is 64.5 Å². The third-order valence-corrected chi connectivity index (χ3v) is 5.06. The average molecular weight is 267 g/mol. The maximum atomic E-state index is 3.46. The van der Waals surface area contributed by atoms with Gasteiger partial charge in [0.1, 0.15) is 0 Å². The minimum atomic E-state index is 0.315. The molecule has 19 heavy (non-hydrogen) atoms. The summed E-state index contributed by atoms with van der Waals surface area (Å²) in [6.45, 7) is 14.4. The second-order valence-electron chi connectivity index (χ2n) is 6.90. The molecule has 3 heteroatoms. The van der Waals surface area contributed by atoms with Crippen molar-refractivity contribution in [3.05, 3.63) is 0 Å². The SMILES string of the molecule is CCN(CC(C)(C)N1CCNCC1)C1CCCCC1. The van der Waals surface area contributed by atoms with Crippen LogP contribution in [0.15, 0.2) is 0 Å². The van der Waals surface area contributed by atoms with Crippen molar-refractivity contribution in [2.75, 3.05) is 39.3 Å². The summed E-state index contributed by atoms with van der Waals surface area (Å²) in [5.74, 6) is 0. The summed E-state index contributed by atoms with van der Waals surface area (Å²) >= 11 is 0. The van der Waals surface area contributed by atoms with Crippen LogP contribution in [0.1, 0.15) is 52.9 Å². The molecular formula is C16H33N3. The first-order valence-corrected chi connectivity index (χ1v) is 8.33. The fourth-order valence-electron chi connectivity index (χ4n) is 3.81. The predicted octanol–water partition coefficient (Wildman–Crippen LogP) is 2.32. The molecule has 0 bridgehead atoms. The topological polar surface area (TPSA) is 18.5 Å². The minimum Gasteiger partial charge on any atom is -0.314 e. The Morgan fingerprint density at radius 3 is 2.32 bits per heavy atom. The van der Waals surface area contributed by atoms with Gasteiger partial charge in [-0.15, -0.1) is 0 Å². The second-order valence-corrected chi connectivity index (χ2v) is 6.90. The zero-order valence-electron chi connectivity index (χ0n) is 13.2. The molecule has 0 aromatic heterocycles. The molecule has 0 unspecified atom stereocenters. The highest BCUT2D eigenvalue weighted by Crippen LogP contribution is 2.25. The van der Waals surface area contributed by atoms with Gasteiger partial charge in [0.05, 0.1) is 0 Å². The maximum Gasteiger partial charge on any atom is 0.0281 e. The van der Waals surface area contributed by atoms with Crippen LogP contribution in [0.2, 0.25) is 0 Å². The Kier molecular flexibility index (Phi) is 5.67. The smallest absolute Gasteiger partial charge is 0.0281 e. The van der Waals surface area contributed by atoms with Crippen molar-refractivity contribution in [3.8, 4) is 0 Å². The summed E-state index contributed by atoms with van der Waals surface area (Å²) in [7, 11) is 0. The molecule has 2 fully saturated rings. The highest BCUT2D eigenvalue weighted by molar-refractivity contribution is 4.89. The molecule has 2 aliphatic rings. The molecule has 0 aromatic rings. The number of hydrogen-bond donors (Lipinski definition) is 1. The van der Waals surface area contributed by atoms with Crippen LogP contribution >= 0.6 is 0 Å². The molecule has 3 nitrogen and oxygen atoms in total. The Balaban J connectivity index is 1.91. The lowest BCUT2D eigenvalue weighted by molar-refractivity contribution is 0.0412. The van der Waals surface area contributed by atoms with Crippen LogP contribution in [0.4, 0.5) is 0 Å². The summed E-state index contributed by atoms with van der Waals surface area (Å²) in [5.41, 5.74) is 0.315. The van der Waals surface area contributed by atoms with Gasteiger partial charge in [0.15, 0.2) is 0 Å². The van der Waals surface area contributed by atoms with Gasteiger partial charge >= 0.3 is 0 Å². The van der Waals surface area contributed by atoms with Crippen molar-refractivity contribution in [3.63, 3.8) is 0 Å². The summed E-state index contributed by atoms with van der Waals surface area (Å²) in [4.78, 5) is 5.43. The van der Waals surface area contributed by atoms with E-state index in [-0.39, 0.29) is 0 Å². The lowest BCUT2D eigenvalue weighted by Gasteiger charge is -2.46. The number of likely N-dealkylation sites (N-methyl/N-ethyl adjacent to an activating group) is 1. The molecule has 0 aromatic carbocycles. The molecule has 0 atom stereocenters. The van der Waals surface area contributed by atoms with Crippen LogP contribution in [-0.4, -0.2) is 60.6 Å². The summed E-state index contributed by atoms with van der Waals surface area (Å²) in [6.07, 6.45) is 7.18. The van der Waals surface area contributed by atoms with E-state index < -0.39 is 0 Å². The van der Waals surface area contributed by atoms with Crippen LogP contribution in [0.3, 0.4) is 0 Å². The number of nitrogens with zero attached hydrogens (tertiary/aromatic N) is 2. The zero-order chi connectivity index (χ0) is 13.7. The van der Waals surface area contributed by atoms with Crippen LogP contribution in [0, 0.1) is 0 Å². The van der Waals surface area contributed by atoms with E-state index in [2.05, 4.69) is 35.9 Å². The van der Waals surface area contributed by atoms with E-state index >= 15 is 0 Å². The van der Waals surface area contributed by atoms with E-state index in [9.17, 15) is 0 Å². The van der Waals surface area contributed by atoms with E-state index in [4.69, 9.17) is 0 Å². The van der Waals surface area contributed by atoms with Crippen LogP contribution in [0.25, 0.3) is 0 Å². The third kappa shape index (κ3) is 4.17. The fraction of sp³-hybridized carbons (Fsp3) is 1.00. The number of hydrogen-bond acceptors (Lipinski definition) is 3. The first kappa shape index (κ1) is 15.3. The standard InChI is InChI=1S/C16H33N3/c1-4-18(15-8-6-5-7-9-15)14-16(2,3)19-12-10-17-11-13-19/h15,17H,4-14H2,1-3H3. The molecule has 0 spiro atoms. The van der Waals surface area contributed by atoms with Crippen molar-refractivity contribution in [1.82, 2.24) is 15.1 Å². The molecule has 112 valence electrons. The molecule has 1 N–H and O–H groups in total. The highest BCUT2D eigenvalue weighted by atomic mass is 15.3. The predicted molar refractivity (Wildman–Crippen MR) is 82.6 cm³/mol. The number of piperazine rings is 1. The van der Waals surface area contributed by atoms with Crippen molar-refractivity contribution < 1.29 is 0 Å². The van der Waals surface area contributed by atoms with Gasteiger partial charge in [-0.3, -0.25) is 9.80 Å². The van der Waals surface area contributed by atoms with E-state index in [1.807, 2.05) is 0 Å². The largest absolute Gasteiger partial charge is 0.314 e. The van der Waals surface area contributed by atoms with Gasteiger partial charge in [-0.2, -0.15) is 0 Å². The Bertz CT molecular complexity index is 253. The normalized spacial score (nSPS) is 24.0. The van der Waals surface area contributed by atoms with Gasteiger partial charge in [-0.25, -0.2) is 0 Å². The highest BCUT2D eigenvalue weighted by Gasteiger charge is 2.32. The Morgan fingerprint density at radius 2 is 1.74 bits per heavy atom. The average Bonchev–Trinajstić information content (AvgIpc) is 2.47. The third-order valence-electron chi connectivity index (χ3n) is 5.06. The molecule has 1 aliphatic heterocycles. The van der Waals surface area contributed by atoms with Gasteiger partial charge in [-0.05, 0) is 33.2 Å². The van der Waals surface area contributed by atoms with Crippen LogP contribution in [0.5, 0.6) is 0 Å². The molecule has 2 rings (SSSR count). The van der Waals surface area contributed by atoms with E-state index in [1.54, 1.807) is 0 Å². The first-order chi connectivity index (χ1) is 9.13. The lowest BCUT2D eigenvalue weighted by Crippen LogP contribution is -2.58. The quantitative estimate of drug-likeness (QED) is 0.825. The maximum absolute atomic E-state index is 3.46. The fourth-order valence-corrected chi connectivity index (χ4v) is 3.81. The van der Waals surface area contributed by atoms with Gasteiger partial charge in [-0.1, -0.05) is 26.2 Å². The Morgan fingerprint density at radius 1 is 1.11 bits per heavy atom. The zero-order valence-corrected chi connectivity index (χ0v) is 13.2. The van der Waals surface area contributed by atoms with E-state index in [1.165, 1.54) is 58.3 Å². The molecule has 1 heterocycles. The van der Waals surface area contributed by atoms with Gasteiger partial charge in [0.2, 0.25) is 0 Å². The lowest BCUT2D eigenvalue weighted by atomic mass is 9.92. The molecule has 1 saturated heterocycles. The number of rotatable bonds is 5. The monoisotopic (exact) mass is 267 g/mol. The molecule has 1 saturated carbocycles. The van der Waals surface area contributed by atoms with Crippen LogP contribution in [-0.2, 0) is 0 Å². The molecular weight excluding hydrogens is 234 g/mol. The van der Waals surface area contributed by atoms with E-state index in [0.29, 0.717) is 5.54 Å². The first-order valence-electron chi connectivity index (χ1n) is 8.33. The Hall–Kier alpha value is -0.120. The van der Waals surface area contributed by atoms with Gasteiger partial charge in [0, 0.05) is 44.3 Å². The Labute approximate surface area is 119 Å². The summed E-state index contributed by atoms with van der Waals surface area (Å²) < 4.78 is 0.